The van der Waals surface area contributed by atoms with Crippen LogP contribution in [-0.4, -0.2) is 9.97 Å². The Morgan fingerprint density at radius 1 is 0.576 bits per heavy atom. The van der Waals surface area contributed by atoms with Crippen molar-refractivity contribution in [2.75, 3.05) is 0 Å². The maximum atomic E-state index is 14.3. The van der Waals surface area contributed by atoms with Crippen LogP contribution in [0.15, 0.2) is 97.1 Å². The largest absolute Gasteiger partial charge is 0.233 e. The summed E-state index contributed by atoms with van der Waals surface area (Å²) in [6.07, 6.45) is 0. The van der Waals surface area contributed by atoms with Crippen molar-refractivity contribution in [2.24, 2.45) is 0 Å². The van der Waals surface area contributed by atoms with Gasteiger partial charge in [0.1, 0.15) is 0 Å². The van der Waals surface area contributed by atoms with Crippen molar-refractivity contribution in [1.82, 2.24) is 9.97 Å². The predicted octanol–water partition coefficient (Wildman–Crippen LogP) is 6.93. The second kappa shape index (κ2) is 6.46. The fourth-order valence-electron chi connectivity index (χ4n) is 5.98. The molecule has 0 N–H and O–H groups in total. The summed E-state index contributed by atoms with van der Waals surface area (Å²) in [7, 11) is 0. The first-order chi connectivity index (χ1) is 16.2. The maximum absolute atomic E-state index is 14.3. The fraction of sp³-hybridized carbons (Fsp3) is 0.0667. The molecule has 0 saturated carbocycles. The Kier molecular flexibility index (Phi) is 3.61. The smallest absolute Gasteiger partial charge is 0.216 e. The van der Waals surface area contributed by atoms with E-state index in [2.05, 4.69) is 94.9 Å². The molecule has 0 unspecified atom stereocenters. The van der Waals surface area contributed by atoms with E-state index < -0.39 is 11.4 Å². The van der Waals surface area contributed by atoms with Crippen molar-refractivity contribution >= 4 is 0 Å². The summed E-state index contributed by atoms with van der Waals surface area (Å²) in [5, 5.41) is 0. The summed E-state index contributed by atoms with van der Waals surface area (Å²) in [6.45, 7) is 1.80. The molecule has 156 valence electrons. The molecule has 2 nitrogen and oxygen atoms in total. The van der Waals surface area contributed by atoms with Crippen LogP contribution in [0.1, 0.15) is 27.9 Å². The lowest BCUT2D eigenvalue weighted by atomic mass is 9.70. The molecular weight excluding hydrogens is 407 g/mol. The third-order valence-electron chi connectivity index (χ3n) is 7.09. The number of fused-ring (bicyclic) bond motifs is 10. The van der Waals surface area contributed by atoms with E-state index in [0.717, 1.165) is 16.7 Å². The first-order valence-corrected chi connectivity index (χ1v) is 11.1. The van der Waals surface area contributed by atoms with Crippen molar-refractivity contribution in [3.05, 3.63) is 131 Å². The number of halogens is 1. The fourth-order valence-corrected chi connectivity index (χ4v) is 5.98. The zero-order valence-electron chi connectivity index (χ0n) is 18.0. The molecule has 7 rings (SSSR count). The van der Waals surface area contributed by atoms with Gasteiger partial charge in [-0.05, 0) is 51.4 Å². The van der Waals surface area contributed by atoms with Gasteiger partial charge in [0.15, 0.2) is 5.82 Å². The van der Waals surface area contributed by atoms with Crippen molar-refractivity contribution < 1.29 is 4.39 Å². The molecule has 0 atom stereocenters. The molecule has 4 aromatic carbocycles. The van der Waals surface area contributed by atoms with Crippen LogP contribution in [-0.2, 0) is 5.41 Å². The predicted molar refractivity (Wildman–Crippen MR) is 128 cm³/mol. The van der Waals surface area contributed by atoms with Crippen LogP contribution >= 0.6 is 0 Å². The quantitative estimate of drug-likeness (QED) is 0.266. The van der Waals surface area contributed by atoms with E-state index in [1.807, 2.05) is 6.07 Å². The van der Waals surface area contributed by atoms with Crippen LogP contribution in [0.25, 0.3) is 33.6 Å². The van der Waals surface area contributed by atoms with E-state index in [4.69, 9.17) is 0 Å². The lowest BCUT2D eigenvalue weighted by Gasteiger charge is -2.30. The lowest BCUT2D eigenvalue weighted by Crippen LogP contribution is -2.25. The molecule has 0 fully saturated rings. The average molecular weight is 426 g/mol. The van der Waals surface area contributed by atoms with Gasteiger partial charge in [0.25, 0.3) is 0 Å². The van der Waals surface area contributed by atoms with Gasteiger partial charge in [-0.15, -0.1) is 0 Å². The van der Waals surface area contributed by atoms with E-state index in [1.54, 1.807) is 6.92 Å². The monoisotopic (exact) mass is 426 g/mol. The molecule has 1 aromatic heterocycles. The second-order valence-corrected chi connectivity index (χ2v) is 8.77. The molecule has 1 spiro atoms. The highest BCUT2D eigenvalue weighted by Crippen LogP contribution is 2.63. The van der Waals surface area contributed by atoms with Gasteiger partial charge in [0.05, 0.1) is 5.41 Å². The van der Waals surface area contributed by atoms with Crippen LogP contribution in [0.4, 0.5) is 4.39 Å². The van der Waals surface area contributed by atoms with Gasteiger partial charge in [-0.3, -0.25) is 0 Å². The molecule has 0 bridgehead atoms. The molecule has 0 aliphatic heterocycles. The summed E-state index contributed by atoms with van der Waals surface area (Å²) in [6, 6.07) is 33.6. The van der Waals surface area contributed by atoms with Crippen LogP contribution in [0.5, 0.6) is 0 Å². The number of hydrogen-bond donors (Lipinski definition) is 0. The third kappa shape index (κ3) is 2.26. The molecule has 3 heteroatoms. The Labute approximate surface area is 191 Å². The first-order valence-electron chi connectivity index (χ1n) is 11.1. The summed E-state index contributed by atoms with van der Waals surface area (Å²) >= 11 is 0. The topological polar surface area (TPSA) is 25.8 Å². The number of hydrogen-bond acceptors (Lipinski definition) is 2. The minimum Gasteiger partial charge on any atom is -0.233 e. The van der Waals surface area contributed by atoms with Crippen LogP contribution in [0.3, 0.4) is 0 Å². The number of rotatable bonds is 1. The van der Waals surface area contributed by atoms with Gasteiger partial charge in [-0.25, -0.2) is 4.98 Å². The molecule has 2 aliphatic carbocycles. The molecule has 0 saturated heterocycles. The highest BCUT2D eigenvalue weighted by atomic mass is 19.1. The molecule has 0 radical (unpaired) electrons. The van der Waals surface area contributed by atoms with Crippen molar-refractivity contribution in [1.29, 1.82) is 0 Å². The van der Waals surface area contributed by atoms with Crippen LogP contribution in [0.2, 0.25) is 0 Å². The van der Waals surface area contributed by atoms with Gasteiger partial charge in [-0.1, -0.05) is 91.0 Å². The van der Waals surface area contributed by atoms with Crippen molar-refractivity contribution in [3.63, 3.8) is 0 Å². The first kappa shape index (κ1) is 18.5. The van der Waals surface area contributed by atoms with E-state index >= 15 is 0 Å². The van der Waals surface area contributed by atoms with E-state index in [-0.39, 0.29) is 0 Å². The van der Waals surface area contributed by atoms with Crippen molar-refractivity contribution in [2.45, 2.75) is 12.3 Å². The Morgan fingerprint density at radius 3 is 1.73 bits per heavy atom. The highest BCUT2D eigenvalue weighted by Gasteiger charge is 2.52. The normalized spacial score (nSPS) is 14.0. The zero-order chi connectivity index (χ0) is 22.2. The Bertz CT molecular complexity index is 1540. The average Bonchev–Trinajstić information content (AvgIpc) is 3.31. The van der Waals surface area contributed by atoms with Gasteiger partial charge in [0, 0.05) is 17.3 Å². The molecule has 2 aliphatic rings. The van der Waals surface area contributed by atoms with E-state index in [9.17, 15) is 4.39 Å². The van der Waals surface area contributed by atoms with Crippen LogP contribution < -0.4 is 0 Å². The summed E-state index contributed by atoms with van der Waals surface area (Å²) in [4.78, 5) is 8.79. The Balaban J connectivity index is 1.66. The highest BCUT2D eigenvalue weighted by molar-refractivity contribution is 5.99. The molecule has 33 heavy (non-hydrogen) atoms. The third-order valence-corrected chi connectivity index (χ3v) is 7.09. The minimum absolute atomic E-state index is 0.419. The second-order valence-electron chi connectivity index (χ2n) is 8.77. The van der Waals surface area contributed by atoms with Crippen molar-refractivity contribution in [3.8, 4) is 33.6 Å². The van der Waals surface area contributed by atoms with E-state index in [1.165, 1.54) is 39.4 Å². The van der Waals surface area contributed by atoms with Gasteiger partial charge in [0.2, 0.25) is 5.95 Å². The van der Waals surface area contributed by atoms with Gasteiger partial charge in [-0.2, -0.15) is 9.37 Å². The molecule has 0 amide bonds. The van der Waals surface area contributed by atoms with Crippen LogP contribution in [0, 0.1) is 12.9 Å². The molecule has 5 aromatic rings. The summed E-state index contributed by atoms with van der Waals surface area (Å²) in [5.74, 6) is -0.0802. The number of nitrogens with zero attached hydrogens (tertiary/aromatic N) is 2. The van der Waals surface area contributed by atoms with Gasteiger partial charge >= 0.3 is 0 Å². The Hall–Kier alpha value is -4.11. The number of aromatic nitrogens is 2. The maximum Gasteiger partial charge on any atom is 0.216 e. The standard InChI is InChI=1S/C30H19FN2/c1-18-17-27(31)33-29(32-18)22-12-8-16-26-28(22)21-11-4-7-15-25(21)30(26)23-13-5-2-9-19(23)20-10-3-6-14-24(20)30/h2-17H,1H3. The Morgan fingerprint density at radius 2 is 1.09 bits per heavy atom. The zero-order valence-corrected chi connectivity index (χ0v) is 18.0. The number of aryl methyl sites for hydroxylation is 1. The summed E-state index contributed by atoms with van der Waals surface area (Å²) in [5.41, 5.74) is 10.8. The van der Waals surface area contributed by atoms with Gasteiger partial charge < -0.3 is 0 Å². The SMILES string of the molecule is Cc1cc(F)nc(-c2cccc3c2-c2ccccc2C32c3ccccc3-c3ccccc32)n1. The minimum atomic E-state index is -0.507. The number of benzene rings is 4. The van der Waals surface area contributed by atoms with E-state index in [0.29, 0.717) is 11.5 Å². The molecule has 1 heterocycles. The molecular formula is C30H19FN2. The summed E-state index contributed by atoms with van der Waals surface area (Å²) < 4.78 is 14.3. The lowest BCUT2D eigenvalue weighted by molar-refractivity contribution is 0.579.